The van der Waals surface area contributed by atoms with Crippen LogP contribution in [0.25, 0.3) is 11.3 Å². The molecule has 3 heterocycles. The highest BCUT2D eigenvalue weighted by Gasteiger charge is 2.34. The molecular weight excluding hydrogens is 340 g/mol. The molecule has 6 heteroatoms. The molecule has 2 atom stereocenters. The van der Waals surface area contributed by atoms with Crippen LogP contribution in [0.15, 0.2) is 40.8 Å². The number of halogens is 1. The van der Waals surface area contributed by atoms with Crippen molar-refractivity contribution in [1.82, 2.24) is 10.2 Å². The number of nitrogens with zero attached hydrogens (tertiary/aromatic N) is 1. The number of hydrogen-bond donors (Lipinski definition) is 1. The van der Waals surface area contributed by atoms with Crippen molar-refractivity contribution < 1.29 is 13.9 Å². The standard InChI is InChI=1S/C19H22N2O3.ClH/c1-13-18(20-8-10-23-13)19(22)21-9-7-15-11-16(24-17(15)12-21)14-5-3-2-4-6-14;/h2-6,11,13,18,20H,7-10,12H2,1H3;1H/t13-,18+;/m1./s1. The van der Waals surface area contributed by atoms with Crippen molar-refractivity contribution in [3.8, 4) is 11.3 Å². The van der Waals surface area contributed by atoms with Gasteiger partial charge in [-0.2, -0.15) is 0 Å². The van der Waals surface area contributed by atoms with Gasteiger partial charge in [0.25, 0.3) is 0 Å². The zero-order valence-corrected chi connectivity index (χ0v) is 15.1. The third-order valence-corrected chi connectivity index (χ3v) is 4.83. The quantitative estimate of drug-likeness (QED) is 0.892. The Morgan fingerprint density at radius 3 is 2.84 bits per heavy atom. The average molecular weight is 363 g/mol. The predicted molar refractivity (Wildman–Crippen MR) is 97.7 cm³/mol. The molecule has 0 unspecified atom stereocenters. The third-order valence-electron chi connectivity index (χ3n) is 4.83. The van der Waals surface area contributed by atoms with Gasteiger partial charge in [-0.05, 0) is 25.0 Å². The molecule has 0 spiro atoms. The van der Waals surface area contributed by atoms with Crippen LogP contribution in [0.3, 0.4) is 0 Å². The van der Waals surface area contributed by atoms with Crippen molar-refractivity contribution in [2.75, 3.05) is 19.7 Å². The molecule has 25 heavy (non-hydrogen) atoms. The van der Waals surface area contributed by atoms with Gasteiger partial charge in [-0.25, -0.2) is 0 Å². The van der Waals surface area contributed by atoms with Crippen LogP contribution in [-0.4, -0.2) is 42.6 Å². The van der Waals surface area contributed by atoms with Crippen molar-refractivity contribution in [3.05, 3.63) is 47.7 Å². The van der Waals surface area contributed by atoms with Gasteiger partial charge in [0, 0.05) is 18.7 Å². The summed E-state index contributed by atoms with van der Waals surface area (Å²) in [5.41, 5.74) is 2.28. The maximum atomic E-state index is 12.8. The number of benzene rings is 1. The smallest absolute Gasteiger partial charge is 0.242 e. The van der Waals surface area contributed by atoms with Crippen molar-refractivity contribution >= 4 is 18.3 Å². The lowest BCUT2D eigenvalue weighted by atomic mass is 10.0. The number of fused-ring (bicyclic) bond motifs is 1. The molecule has 5 nitrogen and oxygen atoms in total. The minimum Gasteiger partial charge on any atom is -0.459 e. The van der Waals surface area contributed by atoms with Gasteiger partial charge in [-0.3, -0.25) is 4.79 Å². The Hall–Kier alpha value is -1.82. The van der Waals surface area contributed by atoms with E-state index in [0.29, 0.717) is 13.2 Å². The normalized spacial score (nSPS) is 22.8. The molecule has 0 saturated carbocycles. The Kier molecular flexibility index (Phi) is 5.47. The van der Waals surface area contributed by atoms with E-state index >= 15 is 0 Å². The molecule has 0 bridgehead atoms. The molecule has 0 aliphatic carbocycles. The molecule has 2 aliphatic heterocycles. The zero-order valence-electron chi connectivity index (χ0n) is 14.2. The first-order chi connectivity index (χ1) is 11.7. The summed E-state index contributed by atoms with van der Waals surface area (Å²) in [7, 11) is 0. The van der Waals surface area contributed by atoms with Crippen molar-refractivity contribution in [3.63, 3.8) is 0 Å². The fourth-order valence-electron chi connectivity index (χ4n) is 3.46. The van der Waals surface area contributed by atoms with Crippen molar-refractivity contribution in [2.45, 2.75) is 32.0 Å². The minimum atomic E-state index is -0.260. The molecule has 2 aromatic rings. The molecule has 0 radical (unpaired) electrons. The molecule has 1 amide bonds. The molecule has 1 saturated heterocycles. The van der Waals surface area contributed by atoms with Gasteiger partial charge >= 0.3 is 0 Å². The van der Waals surface area contributed by atoms with Gasteiger partial charge in [-0.15, -0.1) is 12.4 Å². The van der Waals surface area contributed by atoms with Gasteiger partial charge < -0.3 is 19.4 Å². The summed E-state index contributed by atoms with van der Waals surface area (Å²) in [5, 5.41) is 3.27. The van der Waals surface area contributed by atoms with E-state index in [1.807, 2.05) is 42.2 Å². The van der Waals surface area contributed by atoms with Crippen molar-refractivity contribution in [2.24, 2.45) is 0 Å². The van der Waals surface area contributed by atoms with Gasteiger partial charge in [-0.1, -0.05) is 30.3 Å². The Balaban J connectivity index is 0.00000182. The second kappa shape index (κ2) is 7.60. The van der Waals surface area contributed by atoms with E-state index in [1.165, 1.54) is 5.56 Å². The van der Waals surface area contributed by atoms with Crippen LogP contribution in [0.4, 0.5) is 0 Å². The van der Waals surface area contributed by atoms with E-state index in [1.54, 1.807) is 0 Å². The zero-order chi connectivity index (χ0) is 16.5. The summed E-state index contributed by atoms with van der Waals surface area (Å²) in [5.74, 6) is 1.88. The lowest BCUT2D eigenvalue weighted by Gasteiger charge is -2.35. The lowest BCUT2D eigenvalue weighted by Crippen LogP contribution is -2.57. The Bertz CT molecular complexity index is 732. The van der Waals surface area contributed by atoms with E-state index in [-0.39, 0.29) is 30.5 Å². The van der Waals surface area contributed by atoms with Crippen molar-refractivity contribution in [1.29, 1.82) is 0 Å². The first-order valence-corrected chi connectivity index (χ1v) is 8.53. The topological polar surface area (TPSA) is 54.7 Å². The molecule has 1 fully saturated rings. The lowest BCUT2D eigenvalue weighted by molar-refractivity contribution is -0.140. The van der Waals surface area contributed by atoms with Crippen LogP contribution in [-0.2, 0) is 22.5 Å². The Labute approximate surface area is 153 Å². The van der Waals surface area contributed by atoms with Crippen LogP contribution in [0.5, 0.6) is 0 Å². The molecule has 1 aromatic heterocycles. The largest absolute Gasteiger partial charge is 0.459 e. The van der Waals surface area contributed by atoms with Crippen LogP contribution in [0, 0.1) is 0 Å². The molecule has 1 N–H and O–H groups in total. The fraction of sp³-hybridized carbons (Fsp3) is 0.421. The highest BCUT2D eigenvalue weighted by Crippen LogP contribution is 2.29. The highest BCUT2D eigenvalue weighted by atomic mass is 35.5. The minimum absolute atomic E-state index is 0. The molecule has 134 valence electrons. The number of carbonyl (C=O) groups excluding carboxylic acids is 1. The van der Waals surface area contributed by atoms with Crippen LogP contribution >= 0.6 is 12.4 Å². The predicted octanol–water partition coefficient (Wildman–Crippen LogP) is 2.63. The summed E-state index contributed by atoms with van der Waals surface area (Å²) < 4.78 is 11.6. The van der Waals surface area contributed by atoms with Gasteiger partial charge in [0.2, 0.25) is 5.91 Å². The number of carbonyl (C=O) groups is 1. The van der Waals surface area contributed by atoms with E-state index < -0.39 is 0 Å². The second-order valence-corrected chi connectivity index (χ2v) is 6.44. The van der Waals surface area contributed by atoms with Gasteiger partial charge in [0.15, 0.2) is 0 Å². The first-order valence-electron chi connectivity index (χ1n) is 8.53. The van der Waals surface area contributed by atoms with Gasteiger partial charge in [0.1, 0.15) is 17.6 Å². The summed E-state index contributed by atoms with van der Waals surface area (Å²) in [4.78, 5) is 14.7. The van der Waals surface area contributed by atoms with Crippen LogP contribution < -0.4 is 5.32 Å². The summed E-state index contributed by atoms with van der Waals surface area (Å²) in [6, 6.07) is 11.9. The second-order valence-electron chi connectivity index (χ2n) is 6.44. The number of rotatable bonds is 2. The molecule has 1 aromatic carbocycles. The molecular formula is C19H23ClN2O3. The maximum absolute atomic E-state index is 12.8. The SMILES string of the molecule is C[C@H]1OCCN[C@@H]1C(=O)N1CCc2cc(-c3ccccc3)oc2C1.Cl. The van der Waals surface area contributed by atoms with Gasteiger partial charge in [0.05, 0.1) is 19.3 Å². The van der Waals surface area contributed by atoms with Crippen LogP contribution in [0.1, 0.15) is 18.2 Å². The summed E-state index contributed by atoms with van der Waals surface area (Å²) >= 11 is 0. The molecule has 4 rings (SSSR count). The average Bonchev–Trinajstić information content (AvgIpc) is 3.05. The van der Waals surface area contributed by atoms with E-state index in [4.69, 9.17) is 9.15 Å². The monoisotopic (exact) mass is 362 g/mol. The third kappa shape index (κ3) is 3.59. The van der Waals surface area contributed by atoms with E-state index in [9.17, 15) is 4.79 Å². The fourth-order valence-corrected chi connectivity index (χ4v) is 3.46. The number of nitrogens with one attached hydrogen (secondary N) is 1. The Morgan fingerprint density at radius 1 is 1.28 bits per heavy atom. The number of furan rings is 1. The van der Waals surface area contributed by atoms with E-state index in [0.717, 1.165) is 36.6 Å². The van der Waals surface area contributed by atoms with E-state index in [2.05, 4.69) is 11.4 Å². The number of hydrogen-bond acceptors (Lipinski definition) is 4. The van der Waals surface area contributed by atoms with Crippen LogP contribution in [0.2, 0.25) is 0 Å². The summed E-state index contributed by atoms with van der Waals surface area (Å²) in [6.07, 6.45) is 0.739. The first kappa shape index (κ1) is 18.0. The number of morpholine rings is 1. The highest BCUT2D eigenvalue weighted by molar-refractivity contribution is 5.85. The summed E-state index contributed by atoms with van der Waals surface area (Å²) in [6.45, 7) is 4.59. The Morgan fingerprint density at radius 2 is 2.08 bits per heavy atom. The molecule has 2 aliphatic rings. The number of ether oxygens (including phenoxy) is 1. The maximum Gasteiger partial charge on any atom is 0.242 e. The number of amides is 1.